The number of unbranched alkanes of at least 4 members (excludes halogenated alkanes) is 1. The molecule has 0 unspecified atom stereocenters. The number of likely N-dealkylation sites (tertiary alicyclic amines) is 1. The van der Waals surface area contributed by atoms with E-state index in [1.165, 1.54) is 0 Å². The smallest absolute Gasteiger partial charge is 0.224 e. The van der Waals surface area contributed by atoms with Crippen LogP contribution in [0.25, 0.3) is 0 Å². The van der Waals surface area contributed by atoms with Crippen LogP contribution in [0.3, 0.4) is 0 Å². The lowest BCUT2D eigenvalue weighted by Gasteiger charge is -2.32. The van der Waals surface area contributed by atoms with Gasteiger partial charge in [-0.2, -0.15) is 0 Å². The van der Waals surface area contributed by atoms with E-state index in [1.807, 2.05) is 4.90 Å². The van der Waals surface area contributed by atoms with E-state index in [9.17, 15) is 9.59 Å². The monoisotopic (exact) mass is 270 g/mol. The first kappa shape index (κ1) is 16.0. The summed E-state index contributed by atoms with van der Waals surface area (Å²) in [6.45, 7) is 4.03. The number of hydrogen-bond donors (Lipinski definition) is 1. The molecule has 0 saturated carbocycles. The van der Waals surface area contributed by atoms with Gasteiger partial charge in [0.25, 0.3) is 0 Å². The van der Waals surface area contributed by atoms with Crippen molar-refractivity contribution < 1.29 is 14.3 Å². The maximum Gasteiger partial charge on any atom is 0.224 e. The Morgan fingerprint density at radius 1 is 1.26 bits per heavy atom. The number of carbonyl (C=O) groups is 2. The molecule has 1 aliphatic heterocycles. The number of nitrogens with zero attached hydrogens (tertiary/aromatic N) is 1. The molecule has 1 heterocycles. The molecule has 5 heteroatoms. The molecule has 0 aliphatic carbocycles. The molecule has 1 N–H and O–H groups in total. The Bertz CT molecular complexity index is 286. The van der Waals surface area contributed by atoms with Crippen LogP contribution in [0.15, 0.2) is 0 Å². The van der Waals surface area contributed by atoms with Crippen LogP contribution in [0.4, 0.5) is 0 Å². The summed E-state index contributed by atoms with van der Waals surface area (Å²) in [5.41, 5.74) is 0. The number of methoxy groups -OCH3 is 1. The van der Waals surface area contributed by atoms with Crippen molar-refractivity contribution in [3.8, 4) is 0 Å². The molecule has 0 aromatic heterocycles. The molecule has 0 radical (unpaired) electrons. The van der Waals surface area contributed by atoms with Gasteiger partial charge in [-0.3, -0.25) is 9.59 Å². The summed E-state index contributed by atoms with van der Waals surface area (Å²) in [6, 6.07) is 0.232. The van der Waals surface area contributed by atoms with Crippen LogP contribution in [0.2, 0.25) is 0 Å². The Kier molecular flexibility index (Phi) is 7.48. The molecule has 0 spiro atoms. The Labute approximate surface area is 115 Å². The summed E-state index contributed by atoms with van der Waals surface area (Å²) in [6.07, 6.45) is 4.76. The molecular formula is C14H26N2O3. The first-order chi connectivity index (χ1) is 9.17. The molecule has 1 rings (SSSR count). The molecule has 0 aromatic carbocycles. The third-order valence-electron chi connectivity index (χ3n) is 3.49. The van der Waals surface area contributed by atoms with Crippen molar-refractivity contribution in [3.63, 3.8) is 0 Å². The molecule has 19 heavy (non-hydrogen) atoms. The highest BCUT2D eigenvalue weighted by Crippen LogP contribution is 2.12. The Morgan fingerprint density at radius 2 is 1.95 bits per heavy atom. The minimum Gasteiger partial charge on any atom is -0.384 e. The van der Waals surface area contributed by atoms with E-state index in [-0.39, 0.29) is 17.9 Å². The summed E-state index contributed by atoms with van der Waals surface area (Å²) in [7, 11) is 1.60. The predicted octanol–water partition coefficient (Wildman–Crippen LogP) is 1.32. The molecule has 0 atom stereocenters. The van der Waals surface area contributed by atoms with Crippen LogP contribution in [-0.2, 0) is 14.3 Å². The Morgan fingerprint density at radius 3 is 2.53 bits per heavy atom. The molecule has 2 amide bonds. The zero-order chi connectivity index (χ0) is 14.1. The van der Waals surface area contributed by atoms with E-state index in [1.54, 1.807) is 7.11 Å². The van der Waals surface area contributed by atoms with Crippen molar-refractivity contribution in [1.82, 2.24) is 10.2 Å². The van der Waals surface area contributed by atoms with E-state index in [0.29, 0.717) is 19.4 Å². The fraction of sp³-hybridized carbons (Fsp3) is 0.857. The molecule has 5 nitrogen and oxygen atoms in total. The molecule has 1 saturated heterocycles. The lowest BCUT2D eigenvalue weighted by atomic mass is 10.0. The first-order valence-corrected chi connectivity index (χ1v) is 7.23. The third kappa shape index (κ3) is 6.05. The number of piperidine rings is 1. The highest BCUT2D eigenvalue weighted by atomic mass is 16.5. The fourth-order valence-corrected chi connectivity index (χ4v) is 2.26. The van der Waals surface area contributed by atoms with E-state index in [0.717, 1.165) is 38.8 Å². The van der Waals surface area contributed by atoms with Gasteiger partial charge < -0.3 is 15.0 Å². The Balaban J connectivity index is 2.21. The minimum atomic E-state index is 0.144. The van der Waals surface area contributed by atoms with Crippen LogP contribution in [0.1, 0.15) is 45.4 Å². The summed E-state index contributed by atoms with van der Waals surface area (Å²) in [5, 5.41) is 3.05. The Hall–Kier alpha value is -1.10. The normalized spacial score (nSPS) is 16.4. The summed E-state index contributed by atoms with van der Waals surface area (Å²) < 4.78 is 4.91. The number of nitrogens with one attached hydrogen (secondary N) is 1. The van der Waals surface area contributed by atoms with E-state index in [4.69, 9.17) is 4.74 Å². The standard InChI is InChI=1S/C14H26N2O3/c1-3-4-5-13(17)15-12-6-9-16(10-7-12)14(18)8-11-19-2/h12H,3-11H2,1-2H3,(H,15,17). The molecule has 1 aliphatic rings. The van der Waals surface area contributed by atoms with Gasteiger partial charge in [-0.1, -0.05) is 13.3 Å². The van der Waals surface area contributed by atoms with Crippen LogP contribution in [0.5, 0.6) is 0 Å². The maximum atomic E-state index is 11.8. The molecule has 110 valence electrons. The van der Waals surface area contributed by atoms with E-state index in [2.05, 4.69) is 12.2 Å². The lowest BCUT2D eigenvalue weighted by molar-refractivity contribution is -0.133. The quantitative estimate of drug-likeness (QED) is 0.759. The van der Waals surface area contributed by atoms with Crippen LogP contribution >= 0.6 is 0 Å². The lowest BCUT2D eigenvalue weighted by Crippen LogP contribution is -2.46. The van der Waals surface area contributed by atoms with Crippen LogP contribution in [-0.4, -0.2) is 49.6 Å². The maximum absolute atomic E-state index is 11.8. The molecule has 1 fully saturated rings. The van der Waals surface area contributed by atoms with E-state index >= 15 is 0 Å². The van der Waals surface area contributed by atoms with Crippen molar-refractivity contribution in [2.45, 2.75) is 51.5 Å². The van der Waals surface area contributed by atoms with Gasteiger partial charge in [-0.15, -0.1) is 0 Å². The summed E-state index contributed by atoms with van der Waals surface area (Å²) in [5.74, 6) is 0.295. The highest BCUT2D eigenvalue weighted by molar-refractivity contribution is 5.77. The number of rotatable bonds is 7. The van der Waals surface area contributed by atoms with Gasteiger partial charge in [-0.05, 0) is 19.3 Å². The average molecular weight is 270 g/mol. The number of carbonyl (C=O) groups excluding carboxylic acids is 2. The highest BCUT2D eigenvalue weighted by Gasteiger charge is 2.23. The van der Waals surface area contributed by atoms with Crippen molar-refractivity contribution in [2.75, 3.05) is 26.8 Å². The first-order valence-electron chi connectivity index (χ1n) is 7.23. The van der Waals surface area contributed by atoms with Gasteiger partial charge in [0.2, 0.25) is 11.8 Å². The molecule has 0 aromatic rings. The van der Waals surface area contributed by atoms with Crippen molar-refractivity contribution in [1.29, 1.82) is 0 Å². The van der Waals surface area contributed by atoms with Crippen molar-refractivity contribution >= 4 is 11.8 Å². The van der Waals surface area contributed by atoms with Gasteiger partial charge in [0, 0.05) is 32.7 Å². The summed E-state index contributed by atoms with van der Waals surface area (Å²) in [4.78, 5) is 25.3. The average Bonchev–Trinajstić information content (AvgIpc) is 2.43. The predicted molar refractivity (Wildman–Crippen MR) is 73.8 cm³/mol. The van der Waals surface area contributed by atoms with Gasteiger partial charge in [0.05, 0.1) is 13.0 Å². The molecule has 0 bridgehead atoms. The van der Waals surface area contributed by atoms with Crippen molar-refractivity contribution in [2.24, 2.45) is 0 Å². The zero-order valence-electron chi connectivity index (χ0n) is 12.1. The number of ether oxygens (including phenoxy) is 1. The number of amides is 2. The van der Waals surface area contributed by atoms with E-state index < -0.39 is 0 Å². The van der Waals surface area contributed by atoms with Gasteiger partial charge in [0.15, 0.2) is 0 Å². The van der Waals surface area contributed by atoms with Gasteiger partial charge >= 0.3 is 0 Å². The van der Waals surface area contributed by atoms with Gasteiger partial charge in [0.1, 0.15) is 0 Å². The molecular weight excluding hydrogens is 244 g/mol. The number of hydrogen-bond acceptors (Lipinski definition) is 3. The van der Waals surface area contributed by atoms with Crippen LogP contribution < -0.4 is 5.32 Å². The summed E-state index contributed by atoms with van der Waals surface area (Å²) >= 11 is 0. The second kappa shape index (κ2) is 8.91. The van der Waals surface area contributed by atoms with Crippen molar-refractivity contribution in [3.05, 3.63) is 0 Å². The largest absolute Gasteiger partial charge is 0.384 e. The minimum absolute atomic E-state index is 0.144. The third-order valence-corrected chi connectivity index (χ3v) is 3.49. The second-order valence-electron chi connectivity index (χ2n) is 5.07. The SMILES string of the molecule is CCCCC(=O)NC1CCN(C(=O)CCOC)CC1. The topological polar surface area (TPSA) is 58.6 Å². The van der Waals surface area contributed by atoms with Crippen LogP contribution in [0, 0.1) is 0 Å². The second-order valence-corrected chi connectivity index (χ2v) is 5.07. The zero-order valence-corrected chi connectivity index (χ0v) is 12.1. The van der Waals surface area contributed by atoms with Gasteiger partial charge in [-0.25, -0.2) is 0 Å². The fourth-order valence-electron chi connectivity index (χ4n) is 2.26.